The van der Waals surface area contributed by atoms with Crippen molar-refractivity contribution in [3.8, 4) is 5.75 Å². The van der Waals surface area contributed by atoms with Crippen LogP contribution >= 0.6 is 11.6 Å². The van der Waals surface area contributed by atoms with Gasteiger partial charge in [0, 0.05) is 5.02 Å². The lowest BCUT2D eigenvalue weighted by Crippen LogP contribution is -1.95. The molecule has 0 aliphatic carbocycles. The van der Waals surface area contributed by atoms with Crippen molar-refractivity contribution < 1.29 is 4.74 Å². The van der Waals surface area contributed by atoms with E-state index in [-0.39, 0.29) is 0 Å². The lowest BCUT2D eigenvalue weighted by molar-refractivity contribution is 0.478. The summed E-state index contributed by atoms with van der Waals surface area (Å²) < 4.78 is 5.50. The van der Waals surface area contributed by atoms with Gasteiger partial charge in [-0.05, 0) is 30.7 Å². The fourth-order valence-corrected chi connectivity index (χ4v) is 1.63. The second-order valence-electron chi connectivity index (χ2n) is 3.60. The topological polar surface area (TPSA) is 9.23 Å². The SMILES string of the molecule is Cc1cc(Cl)ccc1OC=C[SiH](C)C. The van der Waals surface area contributed by atoms with Gasteiger partial charge in [-0.3, -0.25) is 0 Å². The van der Waals surface area contributed by atoms with Gasteiger partial charge in [-0.15, -0.1) is 0 Å². The van der Waals surface area contributed by atoms with Crippen molar-refractivity contribution in [3.05, 3.63) is 40.7 Å². The fourth-order valence-electron chi connectivity index (χ4n) is 1.01. The van der Waals surface area contributed by atoms with Crippen molar-refractivity contribution >= 4 is 20.4 Å². The molecule has 0 N–H and O–H groups in total. The number of ether oxygens (including phenoxy) is 1. The lowest BCUT2D eigenvalue weighted by atomic mass is 10.2. The van der Waals surface area contributed by atoms with Crippen LogP contribution in [0.2, 0.25) is 18.1 Å². The van der Waals surface area contributed by atoms with Crippen LogP contribution in [0, 0.1) is 6.92 Å². The number of halogens is 1. The van der Waals surface area contributed by atoms with E-state index in [0.717, 1.165) is 16.3 Å². The highest BCUT2D eigenvalue weighted by Gasteiger charge is 1.98. The van der Waals surface area contributed by atoms with E-state index in [1.807, 2.05) is 25.1 Å². The van der Waals surface area contributed by atoms with E-state index < -0.39 is 8.80 Å². The Bertz CT molecular complexity index is 334. The largest absolute Gasteiger partial charge is 0.465 e. The van der Waals surface area contributed by atoms with Crippen LogP contribution in [-0.2, 0) is 0 Å². The number of hydrogen-bond donors (Lipinski definition) is 0. The van der Waals surface area contributed by atoms with Gasteiger partial charge < -0.3 is 4.74 Å². The molecule has 0 unspecified atom stereocenters. The van der Waals surface area contributed by atoms with Gasteiger partial charge >= 0.3 is 0 Å². The molecule has 1 nitrogen and oxygen atoms in total. The molecule has 0 aliphatic heterocycles. The maximum absolute atomic E-state index is 5.83. The molecular weight excluding hydrogens is 212 g/mol. The van der Waals surface area contributed by atoms with Crippen LogP contribution in [0.15, 0.2) is 30.2 Å². The first kappa shape index (κ1) is 11.3. The van der Waals surface area contributed by atoms with Crippen LogP contribution < -0.4 is 4.74 Å². The lowest BCUT2D eigenvalue weighted by Gasteiger charge is -2.04. The molecule has 14 heavy (non-hydrogen) atoms. The van der Waals surface area contributed by atoms with Gasteiger partial charge in [0.05, 0.1) is 15.1 Å². The molecular formula is C11H15ClOSi. The second kappa shape index (κ2) is 5.22. The first-order valence-corrected chi connectivity index (χ1v) is 8.04. The minimum absolute atomic E-state index is 0.669. The molecule has 0 aromatic heterocycles. The van der Waals surface area contributed by atoms with Gasteiger partial charge in [0.2, 0.25) is 0 Å². The summed E-state index contributed by atoms with van der Waals surface area (Å²) in [6.45, 7) is 6.48. The molecule has 0 amide bonds. The third kappa shape index (κ3) is 3.56. The standard InChI is InChI=1S/C11H15ClOSi/c1-9-8-10(12)4-5-11(9)13-6-7-14(2)3/h4-8,14H,1-3H3. The van der Waals surface area contributed by atoms with E-state index in [9.17, 15) is 0 Å². The molecule has 1 rings (SSSR count). The van der Waals surface area contributed by atoms with Crippen LogP contribution in [-0.4, -0.2) is 8.80 Å². The number of hydrogen-bond acceptors (Lipinski definition) is 1. The van der Waals surface area contributed by atoms with Crippen molar-refractivity contribution in [2.45, 2.75) is 20.0 Å². The Morgan fingerprint density at radius 3 is 2.64 bits per heavy atom. The van der Waals surface area contributed by atoms with Crippen molar-refractivity contribution in [1.82, 2.24) is 0 Å². The summed E-state index contributed by atoms with van der Waals surface area (Å²) in [5.74, 6) is 0.875. The second-order valence-corrected chi connectivity index (χ2v) is 6.91. The summed E-state index contributed by atoms with van der Waals surface area (Å²) in [5.41, 5.74) is 3.21. The number of benzene rings is 1. The highest BCUT2D eigenvalue weighted by Crippen LogP contribution is 2.21. The molecule has 1 aromatic carbocycles. The molecule has 0 aliphatic rings. The molecule has 0 heterocycles. The first-order chi connectivity index (χ1) is 6.59. The monoisotopic (exact) mass is 226 g/mol. The van der Waals surface area contributed by atoms with Gasteiger partial charge in [-0.25, -0.2) is 0 Å². The summed E-state index contributed by atoms with van der Waals surface area (Å²) in [6.07, 6.45) is 1.78. The fraction of sp³-hybridized carbons (Fsp3) is 0.273. The average Bonchev–Trinajstić information content (AvgIpc) is 2.08. The van der Waals surface area contributed by atoms with Crippen LogP contribution in [0.1, 0.15) is 5.56 Å². The zero-order valence-electron chi connectivity index (χ0n) is 8.75. The molecule has 0 radical (unpaired) electrons. The van der Waals surface area contributed by atoms with Crippen LogP contribution in [0.5, 0.6) is 5.75 Å². The Morgan fingerprint density at radius 2 is 2.07 bits per heavy atom. The molecule has 1 aromatic rings. The van der Waals surface area contributed by atoms with Gasteiger partial charge in [-0.2, -0.15) is 0 Å². The molecule has 0 bridgehead atoms. The van der Waals surface area contributed by atoms with Crippen molar-refractivity contribution in [3.63, 3.8) is 0 Å². The minimum Gasteiger partial charge on any atom is -0.465 e. The van der Waals surface area contributed by atoms with Crippen LogP contribution in [0.25, 0.3) is 0 Å². The molecule has 76 valence electrons. The summed E-state index contributed by atoms with van der Waals surface area (Å²) in [4.78, 5) is 0. The Balaban J connectivity index is 2.68. The van der Waals surface area contributed by atoms with Crippen molar-refractivity contribution in [1.29, 1.82) is 0 Å². The van der Waals surface area contributed by atoms with Crippen LogP contribution in [0.4, 0.5) is 0 Å². The van der Waals surface area contributed by atoms with Crippen molar-refractivity contribution in [2.75, 3.05) is 0 Å². The number of aryl methyl sites for hydroxylation is 1. The molecule has 0 saturated carbocycles. The smallest absolute Gasteiger partial charge is 0.129 e. The molecule has 0 atom stereocenters. The Morgan fingerprint density at radius 1 is 1.36 bits per heavy atom. The zero-order chi connectivity index (χ0) is 10.6. The van der Waals surface area contributed by atoms with E-state index >= 15 is 0 Å². The van der Waals surface area contributed by atoms with Gasteiger partial charge in [0.15, 0.2) is 0 Å². The van der Waals surface area contributed by atoms with Crippen LogP contribution in [0.3, 0.4) is 0 Å². The van der Waals surface area contributed by atoms with Gasteiger partial charge in [0.1, 0.15) is 5.75 Å². The summed E-state index contributed by atoms with van der Waals surface area (Å²) in [6, 6.07) is 5.63. The quantitative estimate of drug-likeness (QED) is 0.566. The normalized spacial score (nSPS) is 11.2. The first-order valence-electron chi connectivity index (χ1n) is 4.69. The van der Waals surface area contributed by atoms with Crippen molar-refractivity contribution in [2.24, 2.45) is 0 Å². The molecule has 0 spiro atoms. The highest BCUT2D eigenvalue weighted by molar-refractivity contribution is 6.61. The Hall–Kier alpha value is -0.733. The predicted octanol–water partition coefficient (Wildman–Crippen LogP) is 3.57. The maximum Gasteiger partial charge on any atom is 0.129 e. The number of rotatable bonds is 3. The highest BCUT2D eigenvalue weighted by atomic mass is 35.5. The van der Waals surface area contributed by atoms with Gasteiger partial charge in [-0.1, -0.05) is 30.4 Å². The Labute approximate surface area is 92.0 Å². The summed E-state index contributed by atoms with van der Waals surface area (Å²) in [5, 5.41) is 0.747. The maximum atomic E-state index is 5.83. The van der Waals surface area contributed by atoms with Gasteiger partial charge in [0.25, 0.3) is 0 Å². The zero-order valence-corrected chi connectivity index (χ0v) is 10.7. The summed E-state index contributed by atoms with van der Waals surface area (Å²) >= 11 is 5.83. The predicted molar refractivity (Wildman–Crippen MR) is 64.8 cm³/mol. The molecule has 3 heteroatoms. The van der Waals surface area contributed by atoms with E-state index in [4.69, 9.17) is 16.3 Å². The minimum atomic E-state index is -0.669. The van der Waals surface area contributed by atoms with E-state index in [2.05, 4.69) is 18.8 Å². The molecule has 0 saturated heterocycles. The summed E-state index contributed by atoms with van der Waals surface area (Å²) in [7, 11) is -0.669. The average molecular weight is 227 g/mol. The van der Waals surface area contributed by atoms with E-state index in [0.29, 0.717) is 0 Å². The van der Waals surface area contributed by atoms with E-state index in [1.54, 1.807) is 6.26 Å². The molecule has 0 fully saturated rings. The third-order valence-corrected chi connectivity index (χ3v) is 2.96. The third-order valence-electron chi connectivity index (χ3n) is 1.80. The van der Waals surface area contributed by atoms with E-state index in [1.165, 1.54) is 0 Å². The Kier molecular flexibility index (Phi) is 4.23.